The van der Waals surface area contributed by atoms with Crippen LogP contribution in [0.15, 0.2) is 6.20 Å². The first-order valence-electron chi connectivity index (χ1n) is 5.60. The van der Waals surface area contributed by atoms with Gasteiger partial charge in [0.05, 0.1) is 17.1 Å². The fraction of sp³-hybridized carbons (Fsp3) is 0.545. The van der Waals surface area contributed by atoms with E-state index in [2.05, 4.69) is 20.0 Å². The fourth-order valence-electron chi connectivity index (χ4n) is 1.16. The number of nitrogens with one attached hydrogen (secondary N) is 2. The molecule has 1 rings (SSSR count). The maximum absolute atomic E-state index is 10.9. The van der Waals surface area contributed by atoms with E-state index >= 15 is 0 Å². The van der Waals surface area contributed by atoms with Crippen LogP contribution in [0, 0.1) is 13.8 Å². The predicted octanol–water partition coefficient (Wildman–Crippen LogP) is 1.90. The third-order valence-corrected chi connectivity index (χ3v) is 4.10. The van der Waals surface area contributed by atoms with Crippen molar-refractivity contribution in [3.05, 3.63) is 23.3 Å². The molecule has 18 heavy (non-hydrogen) atoms. The molecular formula is C11H18N4OS2. The second-order valence-corrected chi connectivity index (χ2v) is 5.63. The Morgan fingerprint density at radius 3 is 2.89 bits per heavy atom. The minimum atomic E-state index is -0.162. The lowest BCUT2D eigenvalue weighted by atomic mass is 10.3. The third-order valence-electron chi connectivity index (χ3n) is 2.13. The fourth-order valence-corrected chi connectivity index (χ4v) is 2.91. The van der Waals surface area contributed by atoms with E-state index in [1.807, 2.05) is 13.8 Å². The van der Waals surface area contributed by atoms with Gasteiger partial charge in [-0.1, -0.05) is 0 Å². The van der Waals surface area contributed by atoms with E-state index < -0.39 is 0 Å². The summed E-state index contributed by atoms with van der Waals surface area (Å²) in [5, 5.41) is 2.50. The van der Waals surface area contributed by atoms with Crippen LogP contribution in [0.4, 0.5) is 4.79 Å². The Balaban J connectivity index is 2.18. The van der Waals surface area contributed by atoms with E-state index in [0.717, 1.165) is 34.3 Å². The quantitative estimate of drug-likeness (QED) is 0.617. The highest BCUT2D eigenvalue weighted by Gasteiger charge is 2.02. The monoisotopic (exact) mass is 286 g/mol. The summed E-state index contributed by atoms with van der Waals surface area (Å²) in [4.78, 5) is 19.6. The third kappa shape index (κ3) is 5.59. The van der Waals surface area contributed by atoms with E-state index in [0.29, 0.717) is 0 Å². The van der Waals surface area contributed by atoms with Gasteiger partial charge in [-0.2, -0.15) is 11.8 Å². The number of hydrogen-bond acceptors (Lipinski definition) is 5. The molecule has 1 aromatic heterocycles. The molecule has 0 aromatic carbocycles. The van der Waals surface area contributed by atoms with Gasteiger partial charge in [0.25, 0.3) is 0 Å². The Kier molecular flexibility index (Phi) is 6.89. The number of thioether (sulfide) groups is 1. The molecular weight excluding hydrogens is 268 g/mol. The van der Waals surface area contributed by atoms with Gasteiger partial charge in [-0.05, 0) is 25.8 Å². The van der Waals surface area contributed by atoms with E-state index in [1.54, 1.807) is 25.0 Å². The van der Waals surface area contributed by atoms with Crippen molar-refractivity contribution in [3.8, 4) is 0 Å². The SMILES string of the molecule is CNC(=O)NSCCSCc1nc(C)cnc1C. The largest absolute Gasteiger partial charge is 0.341 e. The van der Waals surface area contributed by atoms with Crippen molar-refractivity contribution in [1.29, 1.82) is 0 Å². The van der Waals surface area contributed by atoms with Crippen LogP contribution in [0.5, 0.6) is 0 Å². The first kappa shape index (κ1) is 15.1. The lowest BCUT2D eigenvalue weighted by molar-refractivity contribution is 0.248. The maximum Gasteiger partial charge on any atom is 0.324 e. The van der Waals surface area contributed by atoms with Gasteiger partial charge in [-0.15, -0.1) is 0 Å². The number of urea groups is 1. The first-order valence-corrected chi connectivity index (χ1v) is 7.74. The molecule has 0 bridgehead atoms. The molecule has 0 unspecified atom stereocenters. The number of carbonyl (C=O) groups is 1. The molecule has 100 valence electrons. The van der Waals surface area contributed by atoms with Gasteiger partial charge in [-0.25, -0.2) is 4.79 Å². The Labute approximate surface area is 116 Å². The highest BCUT2D eigenvalue weighted by Crippen LogP contribution is 2.14. The van der Waals surface area contributed by atoms with E-state index in [1.165, 1.54) is 11.9 Å². The second-order valence-electron chi connectivity index (χ2n) is 3.63. The Morgan fingerprint density at radius 1 is 1.39 bits per heavy atom. The standard InChI is InChI=1S/C11H18N4OS2/c1-8-6-13-9(2)10(14-8)7-17-4-5-18-15-11(16)12-3/h6H,4-5,7H2,1-3H3,(H2,12,15,16). The summed E-state index contributed by atoms with van der Waals surface area (Å²) in [6.45, 7) is 3.92. The van der Waals surface area contributed by atoms with Gasteiger partial charge >= 0.3 is 6.03 Å². The molecule has 1 aromatic rings. The molecule has 2 N–H and O–H groups in total. The average Bonchev–Trinajstić information content (AvgIpc) is 2.37. The molecule has 0 spiro atoms. The van der Waals surface area contributed by atoms with E-state index in [4.69, 9.17) is 0 Å². The van der Waals surface area contributed by atoms with Gasteiger partial charge in [0.1, 0.15) is 0 Å². The summed E-state index contributed by atoms with van der Waals surface area (Å²) in [7, 11) is 1.60. The van der Waals surface area contributed by atoms with Gasteiger partial charge in [0.2, 0.25) is 0 Å². The summed E-state index contributed by atoms with van der Waals surface area (Å²) >= 11 is 3.20. The number of nitrogens with zero attached hydrogens (tertiary/aromatic N) is 2. The second kappa shape index (κ2) is 8.20. The van der Waals surface area contributed by atoms with Crippen LogP contribution in [0.2, 0.25) is 0 Å². The van der Waals surface area contributed by atoms with Crippen LogP contribution < -0.4 is 10.0 Å². The summed E-state index contributed by atoms with van der Waals surface area (Å²) in [6.07, 6.45) is 1.78. The Hall–Kier alpha value is -0.950. The van der Waals surface area contributed by atoms with Crippen molar-refractivity contribution >= 4 is 29.7 Å². The van der Waals surface area contributed by atoms with Crippen LogP contribution in [0.3, 0.4) is 0 Å². The van der Waals surface area contributed by atoms with Crippen molar-refractivity contribution in [2.24, 2.45) is 0 Å². The molecule has 0 aliphatic heterocycles. The van der Waals surface area contributed by atoms with Crippen LogP contribution in [-0.4, -0.2) is 34.6 Å². The van der Waals surface area contributed by atoms with Crippen molar-refractivity contribution in [3.63, 3.8) is 0 Å². The van der Waals surface area contributed by atoms with Crippen molar-refractivity contribution in [1.82, 2.24) is 20.0 Å². The van der Waals surface area contributed by atoms with E-state index in [-0.39, 0.29) is 6.03 Å². The molecule has 0 aliphatic rings. The van der Waals surface area contributed by atoms with Gasteiger partial charge in [-0.3, -0.25) is 14.7 Å². The lowest BCUT2D eigenvalue weighted by Gasteiger charge is -2.05. The summed E-state index contributed by atoms with van der Waals surface area (Å²) < 4.78 is 2.68. The zero-order chi connectivity index (χ0) is 13.4. The van der Waals surface area contributed by atoms with Gasteiger partial charge in [0, 0.05) is 30.5 Å². The maximum atomic E-state index is 10.9. The van der Waals surface area contributed by atoms with Crippen LogP contribution >= 0.6 is 23.7 Å². The van der Waals surface area contributed by atoms with Gasteiger partial charge in [0.15, 0.2) is 0 Å². The number of aromatic nitrogens is 2. The number of hydrogen-bond donors (Lipinski definition) is 2. The normalized spacial score (nSPS) is 10.2. The average molecular weight is 286 g/mol. The number of carbonyl (C=O) groups excluding carboxylic acids is 1. The topological polar surface area (TPSA) is 66.9 Å². The summed E-state index contributed by atoms with van der Waals surface area (Å²) in [5.41, 5.74) is 2.99. The predicted molar refractivity (Wildman–Crippen MR) is 77.7 cm³/mol. The Morgan fingerprint density at radius 2 is 2.17 bits per heavy atom. The molecule has 5 nitrogen and oxygen atoms in total. The number of rotatable bonds is 6. The molecule has 0 saturated heterocycles. The molecule has 7 heteroatoms. The van der Waals surface area contributed by atoms with Crippen molar-refractivity contribution < 1.29 is 4.79 Å². The zero-order valence-electron chi connectivity index (χ0n) is 10.8. The number of amides is 2. The highest BCUT2D eigenvalue weighted by molar-refractivity contribution is 8.01. The molecule has 0 fully saturated rings. The molecule has 1 heterocycles. The van der Waals surface area contributed by atoms with Crippen molar-refractivity contribution in [2.75, 3.05) is 18.6 Å². The summed E-state index contributed by atoms with van der Waals surface area (Å²) in [6, 6.07) is -0.162. The van der Waals surface area contributed by atoms with Crippen LogP contribution in [-0.2, 0) is 5.75 Å². The van der Waals surface area contributed by atoms with Crippen LogP contribution in [0.25, 0.3) is 0 Å². The van der Waals surface area contributed by atoms with E-state index in [9.17, 15) is 4.79 Å². The highest BCUT2D eigenvalue weighted by atomic mass is 32.2. The Bertz CT molecular complexity index is 401. The molecule has 0 radical (unpaired) electrons. The minimum absolute atomic E-state index is 0.162. The molecule has 0 atom stereocenters. The number of aryl methyl sites for hydroxylation is 2. The van der Waals surface area contributed by atoms with Gasteiger partial charge < -0.3 is 5.32 Å². The van der Waals surface area contributed by atoms with Crippen molar-refractivity contribution in [2.45, 2.75) is 19.6 Å². The summed E-state index contributed by atoms with van der Waals surface area (Å²) in [5.74, 6) is 2.70. The minimum Gasteiger partial charge on any atom is -0.341 e. The zero-order valence-corrected chi connectivity index (χ0v) is 12.5. The smallest absolute Gasteiger partial charge is 0.324 e. The molecule has 0 saturated carbocycles. The first-order chi connectivity index (χ1) is 8.63. The molecule has 0 aliphatic carbocycles. The van der Waals surface area contributed by atoms with Crippen LogP contribution in [0.1, 0.15) is 17.1 Å². The molecule has 2 amide bonds. The lowest BCUT2D eigenvalue weighted by Crippen LogP contribution is -2.27.